The minimum atomic E-state index is -0.485. The van der Waals surface area contributed by atoms with Crippen LogP contribution in [-0.4, -0.2) is 11.7 Å². The zero-order chi connectivity index (χ0) is 22.3. The SMILES string of the molecule is CC1=C(C(=O)Nc2cccc(F)c2)C(c2ccc(Br)cc2)C2=C(CC(C)(C)CC2=O)N1. The molecular formula is C25H24BrFN2O2. The van der Waals surface area contributed by atoms with Crippen molar-refractivity contribution < 1.29 is 14.0 Å². The number of anilines is 1. The fourth-order valence-electron chi connectivity index (χ4n) is 4.49. The molecule has 1 unspecified atom stereocenters. The Morgan fingerprint density at radius 2 is 1.87 bits per heavy atom. The molecule has 2 aromatic rings. The van der Waals surface area contributed by atoms with Crippen molar-refractivity contribution in [1.29, 1.82) is 0 Å². The molecule has 2 aromatic carbocycles. The summed E-state index contributed by atoms with van der Waals surface area (Å²) in [5.74, 6) is -1.21. The van der Waals surface area contributed by atoms with E-state index in [1.165, 1.54) is 12.1 Å². The number of carbonyl (C=O) groups excluding carboxylic acids is 2. The standard InChI is InChI=1S/C25H24BrFN2O2/c1-14-21(24(31)29-18-6-4-5-17(27)11-18)22(15-7-9-16(26)10-8-15)23-19(28-14)12-25(2,3)13-20(23)30/h4-11,22,28H,12-13H2,1-3H3,(H,29,31). The van der Waals surface area contributed by atoms with Gasteiger partial charge in [0, 0.05) is 45.0 Å². The maximum Gasteiger partial charge on any atom is 0.254 e. The Morgan fingerprint density at radius 3 is 2.55 bits per heavy atom. The van der Waals surface area contributed by atoms with Crippen LogP contribution in [0.2, 0.25) is 0 Å². The summed E-state index contributed by atoms with van der Waals surface area (Å²) >= 11 is 3.45. The first-order valence-corrected chi connectivity index (χ1v) is 11.0. The summed E-state index contributed by atoms with van der Waals surface area (Å²) in [5.41, 5.74) is 3.80. The first-order chi connectivity index (χ1) is 14.6. The van der Waals surface area contributed by atoms with Gasteiger partial charge in [0.15, 0.2) is 5.78 Å². The smallest absolute Gasteiger partial charge is 0.254 e. The van der Waals surface area contributed by atoms with Gasteiger partial charge in [-0.1, -0.05) is 48.0 Å². The van der Waals surface area contributed by atoms with Crippen molar-refractivity contribution in [1.82, 2.24) is 5.32 Å². The van der Waals surface area contributed by atoms with Gasteiger partial charge in [0.2, 0.25) is 0 Å². The highest BCUT2D eigenvalue weighted by Crippen LogP contribution is 2.46. The van der Waals surface area contributed by atoms with Crippen molar-refractivity contribution in [2.24, 2.45) is 5.41 Å². The number of Topliss-reactive ketones (excluding diaryl/α,β-unsaturated/α-hetero) is 1. The van der Waals surface area contributed by atoms with E-state index in [1.54, 1.807) is 12.1 Å². The van der Waals surface area contributed by atoms with Gasteiger partial charge >= 0.3 is 0 Å². The molecule has 0 bridgehead atoms. The van der Waals surface area contributed by atoms with Gasteiger partial charge in [-0.05, 0) is 54.7 Å². The summed E-state index contributed by atoms with van der Waals surface area (Å²) in [6.45, 7) is 6.01. The number of benzene rings is 2. The van der Waals surface area contributed by atoms with E-state index in [4.69, 9.17) is 0 Å². The Labute approximate surface area is 189 Å². The number of carbonyl (C=O) groups is 2. The number of amides is 1. The monoisotopic (exact) mass is 482 g/mol. The minimum absolute atomic E-state index is 0.0511. The second kappa shape index (κ2) is 8.08. The van der Waals surface area contributed by atoms with Crippen LogP contribution in [0.5, 0.6) is 0 Å². The lowest BCUT2D eigenvalue weighted by Gasteiger charge is -2.39. The third-order valence-corrected chi connectivity index (χ3v) is 6.30. The van der Waals surface area contributed by atoms with Crippen molar-refractivity contribution in [3.63, 3.8) is 0 Å². The molecule has 2 N–H and O–H groups in total. The molecule has 0 saturated heterocycles. The van der Waals surface area contributed by atoms with Crippen molar-refractivity contribution in [3.05, 3.63) is 86.9 Å². The Hall–Kier alpha value is -2.73. The summed E-state index contributed by atoms with van der Waals surface area (Å²) in [6.07, 6.45) is 1.16. The molecule has 2 aliphatic rings. The van der Waals surface area contributed by atoms with Gasteiger partial charge < -0.3 is 10.6 Å². The summed E-state index contributed by atoms with van der Waals surface area (Å²) < 4.78 is 14.5. The van der Waals surface area contributed by atoms with E-state index in [2.05, 4.69) is 40.4 Å². The van der Waals surface area contributed by atoms with E-state index in [0.29, 0.717) is 29.0 Å². The minimum Gasteiger partial charge on any atom is -0.362 e. The Morgan fingerprint density at radius 1 is 1.16 bits per heavy atom. The lowest BCUT2D eigenvalue weighted by molar-refractivity contribution is -0.118. The molecule has 4 rings (SSSR count). The fraction of sp³-hybridized carbons (Fsp3) is 0.280. The molecule has 0 aromatic heterocycles. The summed E-state index contributed by atoms with van der Waals surface area (Å²) in [6, 6.07) is 13.5. The molecule has 6 heteroatoms. The molecule has 1 amide bonds. The normalized spacial score (nSPS) is 20.3. The maximum absolute atomic E-state index is 13.6. The third-order valence-electron chi connectivity index (χ3n) is 5.77. The highest BCUT2D eigenvalue weighted by Gasteiger charge is 2.42. The molecule has 0 spiro atoms. The largest absolute Gasteiger partial charge is 0.362 e. The van der Waals surface area contributed by atoms with Crippen LogP contribution in [0.1, 0.15) is 45.1 Å². The number of halogens is 2. The van der Waals surface area contributed by atoms with Crippen LogP contribution in [0.3, 0.4) is 0 Å². The van der Waals surface area contributed by atoms with Crippen LogP contribution in [0, 0.1) is 11.2 Å². The zero-order valence-corrected chi connectivity index (χ0v) is 19.3. The van der Waals surface area contributed by atoms with E-state index in [9.17, 15) is 14.0 Å². The second-order valence-electron chi connectivity index (χ2n) is 8.95. The molecular weight excluding hydrogens is 459 g/mol. The number of rotatable bonds is 3. The van der Waals surface area contributed by atoms with Crippen molar-refractivity contribution in [2.75, 3.05) is 5.32 Å². The number of hydrogen-bond donors (Lipinski definition) is 2. The van der Waals surface area contributed by atoms with Gasteiger partial charge in [-0.3, -0.25) is 9.59 Å². The van der Waals surface area contributed by atoms with Crippen LogP contribution in [0.15, 0.2) is 75.5 Å². The second-order valence-corrected chi connectivity index (χ2v) is 9.86. The Balaban J connectivity index is 1.80. The van der Waals surface area contributed by atoms with Crippen LogP contribution in [0.4, 0.5) is 10.1 Å². The number of nitrogens with one attached hydrogen (secondary N) is 2. The van der Waals surface area contributed by atoms with E-state index >= 15 is 0 Å². The van der Waals surface area contributed by atoms with Crippen molar-refractivity contribution in [3.8, 4) is 0 Å². The van der Waals surface area contributed by atoms with E-state index in [1.807, 2.05) is 31.2 Å². The highest BCUT2D eigenvalue weighted by atomic mass is 79.9. The van der Waals surface area contributed by atoms with Crippen molar-refractivity contribution >= 4 is 33.3 Å². The average Bonchev–Trinajstić information content (AvgIpc) is 2.66. The maximum atomic E-state index is 13.6. The van der Waals surface area contributed by atoms with E-state index < -0.39 is 11.7 Å². The number of hydrogen-bond acceptors (Lipinski definition) is 3. The Kier molecular flexibility index (Phi) is 5.60. The molecule has 0 radical (unpaired) electrons. The predicted octanol–water partition coefficient (Wildman–Crippen LogP) is 5.83. The first-order valence-electron chi connectivity index (χ1n) is 10.2. The van der Waals surface area contributed by atoms with Crippen LogP contribution in [0.25, 0.3) is 0 Å². The molecule has 1 aliphatic heterocycles. The number of allylic oxidation sites excluding steroid dienone is 3. The van der Waals surface area contributed by atoms with Gasteiger partial charge in [0.05, 0.1) is 0 Å². The quantitative estimate of drug-likeness (QED) is 0.578. The molecule has 160 valence electrons. The van der Waals surface area contributed by atoms with Gasteiger partial charge in [-0.15, -0.1) is 0 Å². The zero-order valence-electron chi connectivity index (χ0n) is 17.7. The fourth-order valence-corrected chi connectivity index (χ4v) is 4.75. The van der Waals surface area contributed by atoms with Gasteiger partial charge in [-0.25, -0.2) is 4.39 Å². The third kappa shape index (κ3) is 4.35. The topological polar surface area (TPSA) is 58.2 Å². The summed E-state index contributed by atoms with van der Waals surface area (Å²) in [5, 5.41) is 6.14. The molecule has 1 atom stereocenters. The molecule has 0 saturated carbocycles. The molecule has 1 aliphatic carbocycles. The van der Waals surface area contributed by atoms with E-state index in [-0.39, 0.29) is 17.1 Å². The van der Waals surface area contributed by atoms with Gasteiger partial charge in [0.25, 0.3) is 5.91 Å². The van der Waals surface area contributed by atoms with Gasteiger partial charge in [0.1, 0.15) is 5.82 Å². The van der Waals surface area contributed by atoms with Crippen LogP contribution < -0.4 is 10.6 Å². The lowest BCUT2D eigenvalue weighted by atomic mass is 9.68. The molecule has 4 nitrogen and oxygen atoms in total. The average molecular weight is 483 g/mol. The summed E-state index contributed by atoms with van der Waals surface area (Å²) in [7, 11) is 0. The van der Waals surface area contributed by atoms with Gasteiger partial charge in [-0.2, -0.15) is 0 Å². The van der Waals surface area contributed by atoms with E-state index in [0.717, 1.165) is 22.2 Å². The van der Waals surface area contributed by atoms with Crippen LogP contribution >= 0.6 is 15.9 Å². The summed E-state index contributed by atoms with van der Waals surface area (Å²) in [4.78, 5) is 26.6. The molecule has 31 heavy (non-hydrogen) atoms. The predicted molar refractivity (Wildman–Crippen MR) is 123 cm³/mol. The Bertz CT molecular complexity index is 1130. The van der Waals surface area contributed by atoms with Crippen molar-refractivity contribution in [2.45, 2.75) is 39.5 Å². The lowest BCUT2D eigenvalue weighted by Crippen LogP contribution is -2.39. The number of dihydropyridines is 1. The molecule has 0 fully saturated rings. The first kappa shape index (κ1) is 21.5. The highest BCUT2D eigenvalue weighted by molar-refractivity contribution is 9.10. The number of ketones is 1. The molecule has 1 heterocycles. The van der Waals surface area contributed by atoms with Crippen LogP contribution in [-0.2, 0) is 9.59 Å².